The number of hydrogen-bond acceptors (Lipinski definition) is 6. The van der Waals surface area contributed by atoms with E-state index in [2.05, 4.69) is 135 Å². The van der Waals surface area contributed by atoms with Crippen LogP contribution in [0.25, 0.3) is 0 Å². The first-order valence-electron chi connectivity index (χ1n) is 29.4. The summed E-state index contributed by atoms with van der Waals surface area (Å²) < 4.78 is 30.6. The Labute approximate surface area is 454 Å². The van der Waals surface area contributed by atoms with Gasteiger partial charge < -0.3 is 19.4 Å². The Bertz CT molecular complexity index is 1680. The number of unbranched alkanes of at least 4 members (excludes halogenated alkanes) is 19. The molecule has 1 amide bonds. The number of phosphoric ester groups is 1. The van der Waals surface area contributed by atoms with Gasteiger partial charge in [0.25, 0.3) is 0 Å². The van der Waals surface area contributed by atoms with Crippen molar-refractivity contribution in [1.82, 2.24) is 5.32 Å². The standard InChI is InChI=1S/C64H109N2O7P/c1-7-10-13-16-19-22-25-28-30-31-32-33-34-35-37-39-42-45-48-51-54-57-64(68)73-62(55-52-49-46-43-40-27-24-21-18-15-12-9-3)61(60-72-74(69,70)71-59-58-66(4,5)6)65-63(67)56-53-50-47-44-41-38-36-29-26-23-20-17-14-11-8-2/h10-11,13-14,17,19-20,22-23,26,28,30,32-33,35,37,42,45,52,55,61-62H,7-9,12,15-16,18,21,24-25,27,29,31,34,36,38-41,43-44,46-51,53-54,56-60H2,1-6H3,(H-,65,67,69,70)/p+1/b13-10-,14-11+,20-17+,22-19-,26-23+,30-28-,33-32-,37-35-,45-42-,55-52-. The minimum absolute atomic E-state index is 0.0237. The van der Waals surface area contributed by atoms with Gasteiger partial charge in [-0.25, -0.2) is 4.57 Å². The fraction of sp³-hybridized carbons (Fsp3) is 0.656. The minimum atomic E-state index is -4.47. The van der Waals surface area contributed by atoms with Crippen molar-refractivity contribution in [2.75, 3.05) is 40.9 Å². The lowest BCUT2D eigenvalue weighted by Gasteiger charge is -2.27. The average molecular weight is 1050 g/mol. The Morgan fingerprint density at radius 3 is 1.46 bits per heavy atom. The number of rotatable bonds is 51. The smallest absolute Gasteiger partial charge is 0.456 e. The molecule has 0 aliphatic carbocycles. The first-order chi connectivity index (χ1) is 35.9. The van der Waals surface area contributed by atoms with Crippen molar-refractivity contribution in [2.45, 2.75) is 232 Å². The lowest BCUT2D eigenvalue weighted by molar-refractivity contribution is -0.870. The molecule has 0 bridgehead atoms. The van der Waals surface area contributed by atoms with Crippen molar-refractivity contribution in [3.63, 3.8) is 0 Å². The number of phosphoric acid groups is 1. The highest BCUT2D eigenvalue weighted by Gasteiger charge is 2.30. The highest BCUT2D eigenvalue weighted by atomic mass is 31.2. The van der Waals surface area contributed by atoms with E-state index in [4.69, 9.17) is 13.8 Å². The zero-order valence-electron chi connectivity index (χ0n) is 48.0. The molecule has 0 aromatic heterocycles. The van der Waals surface area contributed by atoms with Gasteiger partial charge >= 0.3 is 13.8 Å². The zero-order valence-corrected chi connectivity index (χ0v) is 48.9. The summed E-state index contributed by atoms with van der Waals surface area (Å²) in [6.45, 7) is 6.70. The lowest BCUT2D eigenvalue weighted by Crippen LogP contribution is -2.47. The molecule has 0 aliphatic rings. The molecular weight excluding hydrogens is 940 g/mol. The largest absolute Gasteiger partial charge is 0.472 e. The third-order valence-corrected chi connectivity index (χ3v) is 13.2. The van der Waals surface area contributed by atoms with Crippen LogP contribution in [-0.2, 0) is 27.9 Å². The van der Waals surface area contributed by atoms with Gasteiger partial charge in [-0.05, 0) is 102 Å². The molecule has 74 heavy (non-hydrogen) atoms. The van der Waals surface area contributed by atoms with Crippen molar-refractivity contribution in [1.29, 1.82) is 0 Å². The van der Waals surface area contributed by atoms with Crippen molar-refractivity contribution in [2.24, 2.45) is 0 Å². The first kappa shape index (κ1) is 70.4. The number of amides is 1. The summed E-state index contributed by atoms with van der Waals surface area (Å²) in [7, 11) is 1.44. The van der Waals surface area contributed by atoms with E-state index in [-0.39, 0.29) is 31.5 Å². The third kappa shape index (κ3) is 53.2. The van der Waals surface area contributed by atoms with E-state index < -0.39 is 20.0 Å². The fourth-order valence-corrected chi connectivity index (χ4v) is 8.44. The summed E-state index contributed by atoms with van der Waals surface area (Å²) in [5.41, 5.74) is 0. The fourth-order valence-electron chi connectivity index (χ4n) is 7.71. The topological polar surface area (TPSA) is 111 Å². The van der Waals surface area contributed by atoms with Gasteiger partial charge in [0.1, 0.15) is 19.3 Å². The molecule has 3 unspecified atom stereocenters. The number of carbonyl (C=O) groups excluding carboxylic acids is 2. The summed E-state index contributed by atoms with van der Waals surface area (Å²) in [6, 6.07) is -0.880. The van der Waals surface area contributed by atoms with Gasteiger partial charge in [0.05, 0.1) is 33.8 Å². The minimum Gasteiger partial charge on any atom is -0.456 e. The van der Waals surface area contributed by atoms with Crippen LogP contribution in [0.3, 0.4) is 0 Å². The molecule has 0 spiro atoms. The number of esters is 1. The molecule has 10 heteroatoms. The van der Waals surface area contributed by atoms with Crippen LogP contribution < -0.4 is 5.32 Å². The maximum absolute atomic E-state index is 13.5. The van der Waals surface area contributed by atoms with Crippen molar-refractivity contribution in [3.8, 4) is 0 Å². The Morgan fingerprint density at radius 2 is 0.932 bits per heavy atom. The second-order valence-electron chi connectivity index (χ2n) is 20.5. The second-order valence-corrected chi connectivity index (χ2v) is 21.9. The predicted octanol–water partition coefficient (Wildman–Crippen LogP) is 17.9. The monoisotopic (exact) mass is 1050 g/mol. The maximum Gasteiger partial charge on any atom is 0.472 e. The van der Waals surface area contributed by atoms with Crippen LogP contribution in [0.2, 0.25) is 0 Å². The van der Waals surface area contributed by atoms with Crippen molar-refractivity contribution in [3.05, 3.63) is 122 Å². The number of ether oxygens (including phenoxy) is 1. The SMILES string of the molecule is CC/C=C\C/C=C\C/C=C\C/C=C\C/C=C\C/C=C\CCCCC(=O)OC(/C=C\CCCCCCCCCCCC)C(COP(=O)(O)OCC[N+](C)(C)C)NC(=O)CCCCCCCCC/C=C/C=C/C=C/CC. The van der Waals surface area contributed by atoms with Crippen LogP contribution in [0, 0.1) is 0 Å². The van der Waals surface area contributed by atoms with E-state index in [0.29, 0.717) is 23.9 Å². The summed E-state index contributed by atoms with van der Waals surface area (Å²) in [5.74, 6) is -0.580. The van der Waals surface area contributed by atoms with Crippen LogP contribution in [0.4, 0.5) is 0 Å². The molecular formula is C64H110N2O7P+. The number of nitrogens with one attached hydrogen (secondary N) is 1. The van der Waals surface area contributed by atoms with Gasteiger partial charge in [-0.2, -0.15) is 0 Å². The van der Waals surface area contributed by atoms with Gasteiger partial charge in [-0.3, -0.25) is 18.6 Å². The summed E-state index contributed by atoms with van der Waals surface area (Å²) in [6.07, 6.45) is 73.4. The van der Waals surface area contributed by atoms with Crippen molar-refractivity contribution >= 4 is 19.7 Å². The van der Waals surface area contributed by atoms with Crippen LogP contribution in [0.15, 0.2) is 122 Å². The van der Waals surface area contributed by atoms with E-state index in [0.717, 1.165) is 109 Å². The number of quaternary nitrogens is 1. The van der Waals surface area contributed by atoms with E-state index >= 15 is 0 Å². The van der Waals surface area contributed by atoms with Gasteiger partial charge in [-0.15, -0.1) is 0 Å². The highest BCUT2D eigenvalue weighted by molar-refractivity contribution is 7.47. The van der Waals surface area contributed by atoms with Crippen molar-refractivity contribution < 1.29 is 37.3 Å². The molecule has 0 heterocycles. The number of allylic oxidation sites excluding steroid dienone is 19. The highest BCUT2D eigenvalue weighted by Crippen LogP contribution is 2.43. The molecule has 422 valence electrons. The Balaban J connectivity index is 5.41. The zero-order chi connectivity index (χ0) is 54.3. The summed E-state index contributed by atoms with van der Waals surface area (Å²) >= 11 is 0. The van der Waals surface area contributed by atoms with Crippen LogP contribution in [0.1, 0.15) is 220 Å². The number of hydrogen-bond donors (Lipinski definition) is 2. The first-order valence-corrected chi connectivity index (χ1v) is 30.9. The molecule has 0 rings (SSSR count). The van der Waals surface area contributed by atoms with Gasteiger partial charge in [-0.1, -0.05) is 226 Å². The lowest BCUT2D eigenvalue weighted by atomic mass is 10.0. The van der Waals surface area contributed by atoms with Crippen LogP contribution in [-0.4, -0.2) is 74.3 Å². The van der Waals surface area contributed by atoms with E-state index in [1.165, 1.54) is 70.6 Å². The van der Waals surface area contributed by atoms with Crippen LogP contribution in [0.5, 0.6) is 0 Å². The summed E-state index contributed by atoms with van der Waals surface area (Å²) in [5, 5.41) is 3.03. The number of nitrogens with zero attached hydrogens (tertiary/aromatic N) is 1. The normalized spacial score (nSPS) is 14.6. The molecule has 0 aromatic carbocycles. The Kier molecular flexibility index (Phi) is 50.3. The molecule has 0 radical (unpaired) electrons. The number of likely N-dealkylation sites (N-methyl/N-ethyl adjacent to an activating group) is 1. The Hall–Kier alpha value is -3.59. The van der Waals surface area contributed by atoms with E-state index in [1.807, 2.05) is 33.3 Å². The number of carbonyl (C=O) groups is 2. The quantitative estimate of drug-likeness (QED) is 0.0156. The average Bonchev–Trinajstić information content (AvgIpc) is 3.36. The summed E-state index contributed by atoms with van der Waals surface area (Å²) in [4.78, 5) is 37.6. The third-order valence-electron chi connectivity index (χ3n) is 12.2. The maximum atomic E-state index is 13.5. The van der Waals surface area contributed by atoms with Gasteiger partial charge in [0.15, 0.2) is 0 Å². The molecule has 3 atom stereocenters. The molecule has 2 N–H and O–H groups in total. The molecule has 9 nitrogen and oxygen atoms in total. The molecule has 0 saturated carbocycles. The van der Waals surface area contributed by atoms with Gasteiger partial charge in [0, 0.05) is 12.8 Å². The van der Waals surface area contributed by atoms with E-state index in [9.17, 15) is 19.0 Å². The second kappa shape index (κ2) is 52.8. The van der Waals surface area contributed by atoms with Gasteiger partial charge in [0.2, 0.25) is 5.91 Å². The molecule has 0 aliphatic heterocycles. The Morgan fingerprint density at radius 1 is 0.500 bits per heavy atom. The molecule has 0 aromatic rings. The van der Waals surface area contributed by atoms with E-state index in [1.54, 1.807) is 0 Å². The molecule has 0 saturated heterocycles. The molecule has 0 fully saturated rings. The van der Waals surface area contributed by atoms with Crippen LogP contribution >= 0.6 is 7.82 Å². The predicted molar refractivity (Wildman–Crippen MR) is 318 cm³/mol.